The van der Waals surface area contributed by atoms with Crippen molar-refractivity contribution in [1.29, 1.82) is 0 Å². The predicted octanol–water partition coefficient (Wildman–Crippen LogP) is 2.52. The molecule has 11 heteroatoms. The number of hydrogen-bond acceptors (Lipinski definition) is 7. The van der Waals surface area contributed by atoms with Gasteiger partial charge in [0.2, 0.25) is 5.91 Å². The van der Waals surface area contributed by atoms with Gasteiger partial charge in [0.25, 0.3) is 5.69 Å². The van der Waals surface area contributed by atoms with Gasteiger partial charge in [0, 0.05) is 21.7 Å². The maximum atomic E-state index is 12.0. The average Bonchev–Trinajstić information content (AvgIpc) is 2.67. The van der Waals surface area contributed by atoms with Crippen molar-refractivity contribution in [3.05, 3.63) is 62.1 Å². The Morgan fingerprint density at radius 3 is 2.69 bits per heavy atom. The van der Waals surface area contributed by atoms with E-state index in [4.69, 9.17) is 14.6 Å². The van der Waals surface area contributed by atoms with Crippen LogP contribution in [0.5, 0.6) is 11.5 Å². The van der Waals surface area contributed by atoms with Gasteiger partial charge in [0.15, 0.2) is 18.1 Å². The summed E-state index contributed by atoms with van der Waals surface area (Å²) in [6.45, 7) is -0.530. The Morgan fingerprint density at radius 2 is 2.03 bits per heavy atom. The zero-order valence-corrected chi connectivity index (χ0v) is 16.7. The molecule has 0 aliphatic carbocycles. The lowest BCUT2D eigenvalue weighted by molar-refractivity contribution is -0.385. The van der Waals surface area contributed by atoms with Crippen LogP contribution in [0.1, 0.15) is 11.1 Å². The van der Waals surface area contributed by atoms with Crippen molar-refractivity contribution in [2.45, 2.75) is 6.42 Å². The van der Waals surface area contributed by atoms with Crippen molar-refractivity contribution in [2.24, 2.45) is 5.10 Å². The molecule has 0 atom stereocenters. The van der Waals surface area contributed by atoms with Gasteiger partial charge >= 0.3 is 5.97 Å². The smallest absolute Gasteiger partial charge is 0.341 e. The van der Waals surface area contributed by atoms with Crippen LogP contribution in [0, 0.1) is 10.1 Å². The molecule has 152 valence electrons. The fraction of sp³-hybridized carbons (Fsp3) is 0.167. The van der Waals surface area contributed by atoms with Crippen LogP contribution in [0.3, 0.4) is 0 Å². The van der Waals surface area contributed by atoms with Crippen LogP contribution in [0.25, 0.3) is 0 Å². The molecule has 0 bridgehead atoms. The Kier molecular flexibility index (Phi) is 7.66. The normalized spacial score (nSPS) is 10.6. The molecule has 2 N–H and O–H groups in total. The van der Waals surface area contributed by atoms with Crippen molar-refractivity contribution in [3.63, 3.8) is 0 Å². The second kappa shape index (κ2) is 10.2. The fourth-order valence-corrected chi connectivity index (χ4v) is 2.71. The number of nitrogens with one attached hydrogen (secondary N) is 1. The lowest BCUT2D eigenvalue weighted by Gasteiger charge is -2.11. The number of hydrazone groups is 1. The van der Waals surface area contributed by atoms with Gasteiger partial charge in [-0.2, -0.15) is 5.10 Å². The van der Waals surface area contributed by atoms with E-state index in [0.717, 1.165) is 0 Å². The Morgan fingerprint density at radius 1 is 1.31 bits per heavy atom. The second-order valence-electron chi connectivity index (χ2n) is 5.56. The fourth-order valence-electron chi connectivity index (χ4n) is 2.29. The summed E-state index contributed by atoms with van der Waals surface area (Å²) in [7, 11) is 1.40. The highest BCUT2D eigenvalue weighted by molar-refractivity contribution is 9.10. The first-order chi connectivity index (χ1) is 13.8. The quantitative estimate of drug-likeness (QED) is 0.329. The number of ether oxygens (including phenoxy) is 2. The highest BCUT2D eigenvalue weighted by Gasteiger charge is 2.15. The molecule has 0 unspecified atom stereocenters. The third-order valence-corrected chi connectivity index (χ3v) is 4.25. The number of carboxylic acids is 1. The topological polar surface area (TPSA) is 140 Å². The number of hydrogen-bond donors (Lipinski definition) is 2. The molecule has 0 heterocycles. The molecule has 2 aromatic rings. The van der Waals surface area contributed by atoms with E-state index in [1.54, 1.807) is 12.1 Å². The molecule has 29 heavy (non-hydrogen) atoms. The van der Waals surface area contributed by atoms with Gasteiger partial charge in [0.05, 0.1) is 24.7 Å². The van der Waals surface area contributed by atoms with Crippen molar-refractivity contribution in [3.8, 4) is 11.5 Å². The maximum Gasteiger partial charge on any atom is 0.341 e. The number of nitro groups is 1. The first-order valence-corrected chi connectivity index (χ1v) is 8.87. The summed E-state index contributed by atoms with van der Waals surface area (Å²) in [4.78, 5) is 33.1. The van der Waals surface area contributed by atoms with Crippen molar-refractivity contribution < 1.29 is 29.1 Å². The van der Waals surface area contributed by atoms with Crippen LogP contribution in [-0.4, -0.2) is 41.8 Å². The summed E-state index contributed by atoms with van der Waals surface area (Å²) in [6.07, 6.45) is 1.13. The molecular formula is C18H16BrN3O7. The molecule has 2 rings (SSSR count). The number of halogens is 1. The van der Waals surface area contributed by atoms with Gasteiger partial charge in [-0.3, -0.25) is 14.9 Å². The van der Waals surface area contributed by atoms with Crippen LogP contribution in [0.4, 0.5) is 5.69 Å². The Bertz CT molecular complexity index is 962. The number of para-hydroxylation sites is 1. The molecule has 0 saturated heterocycles. The minimum Gasteiger partial charge on any atom is -0.493 e. The van der Waals surface area contributed by atoms with Gasteiger partial charge in [-0.15, -0.1) is 0 Å². The Hall–Kier alpha value is -3.47. The van der Waals surface area contributed by atoms with Crippen LogP contribution >= 0.6 is 15.9 Å². The summed E-state index contributed by atoms with van der Waals surface area (Å²) < 4.78 is 10.8. The number of benzene rings is 2. The maximum absolute atomic E-state index is 12.0. The van der Waals surface area contributed by atoms with Gasteiger partial charge in [0.1, 0.15) is 0 Å². The number of carbonyl (C=O) groups excluding carboxylic acids is 1. The number of nitro benzene ring substituents is 1. The molecule has 2 aromatic carbocycles. The molecule has 1 amide bonds. The van der Waals surface area contributed by atoms with E-state index in [1.165, 1.54) is 37.6 Å². The van der Waals surface area contributed by atoms with E-state index in [-0.39, 0.29) is 29.2 Å². The highest BCUT2D eigenvalue weighted by Crippen LogP contribution is 2.32. The number of carboxylic acid groups (broad SMARTS) is 1. The summed E-state index contributed by atoms with van der Waals surface area (Å²) in [6, 6.07) is 9.00. The lowest BCUT2D eigenvalue weighted by atomic mass is 10.1. The molecule has 0 spiro atoms. The predicted molar refractivity (Wildman–Crippen MR) is 106 cm³/mol. The van der Waals surface area contributed by atoms with Gasteiger partial charge in [-0.05, 0) is 28.1 Å². The molecule has 10 nitrogen and oxygen atoms in total. The van der Waals surface area contributed by atoms with Gasteiger partial charge < -0.3 is 14.6 Å². The third kappa shape index (κ3) is 6.28. The largest absolute Gasteiger partial charge is 0.493 e. The van der Waals surface area contributed by atoms with Crippen molar-refractivity contribution >= 4 is 39.7 Å². The van der Waals surface area contributed by atoms with E-state index in [0.29, 0.717) is 10.0 Å². The minimum atomic E-state index is -1.13. The Balaban J connectivity index is 2.07. The Labute approximate surface area is 173 Å². The van der Waals surface area contributed by atoms with Crippen molar-refractivity contribution in [2.75, 3.05) is 13.7 Å². The van der Waals surface area contributed by atoms with Crippen LogP contribution in [-0.2, 0) is 16.0 Å². The zero-order chi connectivity index (χ0) is 21.4. The number of nitrogens with zero attached hydrogens (tertiary/aromatic N) is 2. The van der Waals surface area contributed by atoms with Crippen LogP contribution in [0.15, 0.2) is 46.0 Å². The van der Waals surface area contributed by atoms with Gasteiger partial charge in [-0.1, -0.05) is 18.2 Å². The summed E-state index contributed by atoms with van der Waals surface area (Å²) in [5, 5.41) is 23.5. The second-order valence-corrected chi connectivity index (χ2v) is 6.42. The molecule has 0 aliphatic rings. The summed E-state index contributed by atoms with van der Waals surface area (Å²) in [5.41, 5.74) is 2.95. The molecule has 0 aromatic heterocycles. The summed E-state index contributed by atoms with van der Waals surface area (Å²) >= 11 is 3.30. The SMILES string of the molecule is COc1cc(/C=N/NC(=O)Cc2ccccc2[N+](=O)[O-])c(Br)cc1OCC(=O)O. The molecule has 0 aliphatic heterocycles. The van der Waals surface area contributed by atoms with Crippen LogP contribution in [0.2, 0.25) is 0 Å². The minimum absolute atomic E-state index is 0.143. The number of amides is 1. The number of carbonyl (C=O) groups is 2. The van der Waals surface area contributed by atoms with Crippen molar-refractivity contribution in [1.82, 2.24) is 5.43 Å². The first kappa shape index (κ1) is 21.8. The monoisotopic (exact) mass is 465 g/mol. The molecule has 0 radical (unpaired) electrons. The lowest BCUT2D eigenvalue weighted by Crippen LogP contribution is -2.20. The standard InChI is InChI=1S/C18H16BrN3O7/c1-28-15-6-12(13(19)8-16(15)29-10-18(24)25)9-20-21-17(23)7-11-4-2-3-5-14(11)22(26)27/h2-6,8-9H,7,10H2,1H3,(H,21,23)(H,24,25)/b20-9+. The number of aliphatic carboxylic acids is 1. The molecule has 0 fully saturated rings. The average molecular weight is 466 g/mol. The zero-order valence-electron chi connectivity index (χ0n) is 15.1. The number of rotatable bonds is 9. The van der Waals surface area contributed by atoms with E-state index >= 15 is 0 Å². The van der Waals surface area contributed by atoms with E-state index in [9.17, 15) is 19.7 Å². The van der Waals surface area contributed by atoms with E-state index < -0.39 is 23.4 Å². The van der Waals surface area contributed by atoms with E-state index in [1.807, 2.05) is 0 Å². The number of methoxy groups -OCH3 is 1. The van der Waals surface area contributed by atoms with E-state index in [2.05, 4.69) is 26.5 Å². The molecular weight excluding hydrogens is 450 g/mol. The first-order valence-electron chi connectivity index (χ1n) is 8.08. The third-order valence-electron chi connectivity index (χ3n) is 3.57. The molecule has 0 saturated carbocycles. The summed E-state index contributed by atoms with van der Waals surface area (Å²) in [5.74, 6) is -1.16. The van der Waals surface area contributed by atoms with Crippen LogP contribution < -0.4 is 14.9 Å². The van der Waals surface area contributed by atoms with Gasteiger partial charge in [-0.25, -0.2) is 10.2 Å². The highest BCUT2D eigenvalue weighted by atomic mass is 79.9.